The minimum absolute atomic E-state index is 0.0648. The van der Waals surface area contributed by atoms with Crippen molar-refractivity contribution in [3.8, 4) is 28.7 Å². The minimum atomic E-state index is -0.695. The summed E-state index contributed by atoms with van der Waals surface area (Å²) < 4.78 is 10.2. The number of phenols is 1. The maximum absolute atomic E-state index is 12.8. The van der Waals surface area contributed by atoms with Crippen molar-refractivity contribution >= 4 is 45.9 Å². The number of hydrogen-bond donors (Lipinski definition) is 2. The van der Waals surface area contributed by atoms with Crippen LogP contribution in [0.2, 0.25) is 5.02 Å². The van der Waals surface area contributed by atoms with Crippen LogP contribution in [-0.4, -0.2) is 30.7 Å². The summed E-state index contributed by atoms with van der Waals surface area (Å²) in [4.78, 5) is 25.5. The lowest BCUT2D eigenvalue weighted by molar-refractivity contribution is -0.112. The van der Waals surface area contributed by atoms with Crippen LogP contribution in [0.5, 0.6) is 11.5 Å². The van der Waals surface area contributed by atoms with E-state index in [9.17, 15) is 20.0 Å². The van der Waals surface area contributed by atoms with Crippen molar-refractivity contribution in [1.29, 1.82) is 5.26 Å². The number of aromatic hydroxyl groups is 1. The topological polar surface area (TPSA) is 109 Å². The van der Waals surface area contributed by atoms with E-state index in [1.807, 2.05) is 6.07 Å². The lowest BCUT2D eigenvalue weighted by Crippen LogP contribution is -2.16. The first-order chi connectivity index (χ1) is 15.9. The van der Waals surface area contributed by atoms with Crippen LogP contribution < -0.4 is 10.1 Å². The standard InChI is InChI=1S/C24H19ClN2O5S/c1-3-32-24(30)21-18(15-5-7-17(25)8-6-15)13-33-23(21)27-22(29)16(12-26)10-14-4-9-19(28)20(11-14)31-2/h4-11,13,28H,3H2,1-2H3,(H,27,29). The van der Waals surface area contributed by atoms with Crippen molar-refractivity contribution in [3.63, 3.8) is 0 Å². The minimum Gasteiger partial charge on any atom is -0.504 e. The van der Waals surface area contributed by atoms with E-state index in [0.29, 0.717) is 16.1 Å². The third kappa shape index (κ3) is 5.52. The average molecular weight is 483 g/mol. The summed E-state index contributed by atoms with van der Waals surface area (Å²) >= 11 is 7.11. The van der Waals surface area contributed by atoms with Gasteiger partial charge in [0.15, 0.2) is 11.5 Å². The van der Waals surface area contributed by atoms with Crippen LogP contribution in [0.25, 0.3) is 17.2 Å². The molecule has 0 aliphatic carbocycles. The maximum Gasteiger partial charge on any atom is 0.341 e. The molecule has 3 aromatic rings. The van der Waals surface area contributed by atoms with Gasteiger partial charge in [-0.3, -0.25) is 4.79 Å². The van der Waals surface area contributed by atoms with Gasteiger partial charge in [0.05, 0.1) is 13.7 Å². The number of rotatable bonds is 7. The molecule has 2 N–H and O–H groups in total. The Morgan fingerprint density at radius 1 is 1.24 bits per heavy atom. The van der Waals surface area contributed by atoms with E-state index in [1.165, 1.54) is 31.4 Å². The third-order valence-electron chi connectivity index (χ3n) is 4.53. The molecule has 0 saturated carbocycles. The Hall–Kier alpha value is -3.80. The normalized spacial score (nSPS) is 10.9. The largest absolute Gasteiger partial charge is 0.504 e. The molecule has 168 valence electrons. The summed E-state index contributed by atoms with van der Waals surface area (Å²) in [6, 6.07) is 13.2. The number of carbonyl (C=O) groups excluding carboxylic acids is 2. The van der Waals surface area contributed by atoms with Gasteiger partial charge in [0.25, 0.3) is 5.91 Å². The van der Waals surface area contributed by atoms with Crippen LogP contribution in [0.1, 0.15) is 22.8 Å². The number of halogens is 1. The Labute approximate surface area is 199 Å². The van der Waals surface area contributed by atoms with Gasteiger partial charge in [0, 0.05) is 16.0 Å². The van der Waals surface area contributed by atoms with Gasteiger partial charge in [0.1, 0.15) is 22.2 Å². The van der Waals surface area contributed by atoms with Gasteiger partial charge in [-0.05, 0) is 48.4 Å². The van der Waals surface area contributed by atoms with E-state index in [-0.39, 0.29) is 34.2 Å². The highest BCUT2D eigenvalue weighted by atomic mass is 35.5. The molecule has 2 aromatic carbocycles. The fourth-order valence-electron chi connectivity index (χ4n) is 2.97. The summed E-state index contributed by atoms with van der Waals surface area (Å²) in [5, 5.41) is 24.4. The zero-order valence-corrected chi connectivity index (χ0v) is 19.3. The Kier molecular flexibility index (Phi) is 7.72. The molecule has 0 aliphatic rings. The van der Waals surface area contributed by atoms with Gasteiger partial charge in [-0.15, -0.1) is 11.3 Å². The lowest BCUT2D eigenvalue weighted by Gasteiger charge is -2.09. The van der Waals surface area contributed by atoms with Crippen LogP contribution in [-0.2, 0) is 9.53 Å². The van der Waals surface area contributed by atoms with Crippen LogP contribution in [0, 0.1) is 11.3 Å². The lowest BCUT2D eigenvalue weighted by atomic mass is 10.0. The summed E-state index contributed by atoms with van der Waals surface area (Å²) in [5.41, 5.74) is 1.79. The van der Waals surface area contributed by atoms with Crippen LogP contribution >= 0.6 is 22.9 Å². The first-order valence-electron chi connectivity index (χ1n) is 9.72. The first kappa shape index (κ1) is 23.9. The molecule has 0 bridgehead atoms. The zero-order chi connectivity index (χ0) is 24.0. The second-order valence-electron chi connectivity index (χ2n) is 6.64. The molecule has 1 aromatic heterocycles. The Morgan fingerprint density at radius 3 is 2.61 bits per heavy atom. The Bertz CT molecular complexity index is 1260. The van der Waals surface area contributed by atoms with E-state index in [2.05, 4.69) is 5.32 Å². The van der Waals surface area contributed by atoms with Gasteiger partial charge < -0.3 is 19.9 Å². The van der Waals surface area contributed by atoms with Gasteiger partial charge in [-0.25, -0.2) is 4.79 Å². The number of benzene rings is 2. The third-order valence-corrected chi connectivity index (χ3v) is 5.68. The number of hydrogen-bond acceptors (Lipinski definition) is 7. The number of phenolic OH excluding ortho intramolecular Hbond substituents is 1. The van der Waals surface area contributed by atoms with E-state index in [0.717, 1.165) is 16.9 Å². The molecule has 33 heavy (non-hydrogen) atoms. The summed E-state index contributed by atoms with van der Waals surface area (Å²) in [6.45, 7) is 1.85. The van der Waals surface area contributed by atoms with Gasteiger partial charge in [-0.1, -0.05) is 29.8 Å². The SMILES string of the molecule is CCOC(=O)c1c(-c2ccc(Cl)cc2)csc1NC(=O)C(C#N)=Cc1ccc(O)c(OC)c1. The van der Waals surface area contributed by atoms with Crippen molar-refractivity contribution in [2.45, 2.75) is 6.92 Å². The number of nitrogens with one attached hydrogen (secondary N) is 1. The Balaban J connectivity index is 1.96. The fourth-order valence-corrected chi connectivity index (χ4v) is 4.05. The number of nitriles is 1. The number of amides is 1. The zero-order valence-electron chi connectivity index (χ0n) is 17.7. The van der Waals surface area contributed by atoms with Crippen LogP contribution in [0.4, 0.5) is 5.00 Å². The van der Waals surface area contributed by atoms with Gasteiger partial charge >= 0.3 is 5.97 Å². The maximum atomic E-state index is 12.8. The monoisotopic (exact) mass is 482 g/mol. The highest BCUT2D eigenvalue weighted by Crippen LogP contribution is 2.37. The molecule has 9 heteroatoms. The summed E-state index contributed by atoms with van der Waals surface area (Å²) in [5.74, 6) is -1.15. The predicted molar refractivity (Wildman–Crippen MR) is 128 cm³/mol. The van der Waals surface area contributed by atoms with Gasteiger partial charge in [-0.2, -0.15) is 5.26 Å². The number of methoxy groups -OCH3 is 1. The van der Waals surface area contributed by atoms with E-state index >= 15 is 0 Å². The molecule has 0 fully saturated rings. The molecule has 0 spiro atoms. The number of esters is 1. The molecule has 0 radical (unpaired) electrons. The van der Waals surface area contributed by atoms with Crippen molar-refractivity contribution in [1.82, 2.24) is 0 Å². The molecule has 7 nitrogen and oxygen atoms in total. The average Bonchev–Trinajstić information content (AvgIpc) is 3.22. The molecule has 3 rings (SSSR count). The number of anilines is 1. The highest BCUT2D eigenvalue weighted by molar-refractivity contribution is 7.15. The van der Waals surface area contributed by atoms with E-state index < -0.39 is 11.9 Å². The number of ether oxygens (including phenoxy) is 2. The van der Waals surface area contributed by atoms with Crippen LogP contribution in [0.3, 0.4) is 0 Å². The van der Waals surface area contributed by atoms with Crippen LogP contribution in [0.15, 0.2) is 53.4 Å². The van der Waals surface area contributed by atoms with Crippen molar-refractivity contribution in [3.05, 3.63) is 69.6 Å². The van der Waals surface area contributed by atoms with E-state index in [1.54, 1.807) is 36.6 Å². The highest BCUT2D eigenvalue weighted by Gasteiger charge is 2.24. The number of carbonyl (C=O) groups is 2. The van der Waals surface area contributed by atoms with Crippen molar-refractivity contribution < 1.29 is 24.2 Å². The fraction of sp³-hybridized carbons (Fsp3) is 0.125. The van der Waals surface area contributed by atoms with E-state index in [4.69, 9.17) is 21.1 Å². The second kappa shape index (κ2) is 10.7. The van der Waals surface area contributed by atoms with Gasteiger partial charge in [0.2, 0.25) is 0 Å². The summed E-state index contributed by atoms with van der Waals surface area (Å²) in [6.07, 6.45) is 1.36. The van der Waals surface area contributed by atoms with Crippen molar-refractivity contribution in [2.24, 2.45) is 0 Å². The number of nitrogens with zero attached hydrogens (tertiary/aromatic N) is 1. The van der Waals surface area contributed by atoms with Crippen molar-refractivity contribution in [2.75, 3.05) is 19.0 Å². The quantitative estimate of drug-likeness (QED) is 0.261. The Morgan fingerprint density at radius 2 is 1.97 bits per heavy atom. The first-order valence-corrected chi connectivity index (χ1v) is 11.0. The molecule has 0 saturated heterocycles. The number of thiophene rings is 1. The second-order valence-corrected chi connectivity index (χ2v) is 7.95. The summed E-state index contributed by atoms with van der Waals surface area (Å²) in [7, 11) is 1.40. The molecule has 0 unspecified atom stereocenters. The predicted octanol–water partition coefficient (Wildman–Crippen LogP) is 5.51. The smallest absolute Gasteiger partial charge is 0.341 e. The molecule has 0 aliphatic heterocycles. The molecule has 1 heterocycles. The molecular weight excluding hydrogens is 464 g/mol. The molecular formula is C24H19ClN2O5S. The molecule has 1 amide bonds. The molecule has 0 atom stereocenters.